The molecule has 0 rings (SSSR count). The van der Waals surface area contributed by atoms with E-state index in [-0.39, 0.29) is 24.7 Å². The Morgan fingerprint density at radius 3 is 1.60 bits per heavy atom. The van der Waals surface area contributed by atoms with E-state index in [9.17, 15) is 48.9 Å². The number of nitrogens with one attached hydrogen (secondary N) is 4. The number of carboxylic acids is 3. The number of carbonyl (C=O) groups is 7. The fourth-order valence-corrected chi connectivity index (χ4v) is 3.38. The van der Waals surface area contributed by atoms with Gasteiger partial charge in [-0.25, -0.2) is 4.79 Å². The Balaban J connectivity index is 5.84. The van der Waals surface area contributed by atoms with Crippen molar-refractivity contribution in [1.82, 2.24) is 21.3 Å². The number of carbonyl (C=O) groups excluding carboxylic acids is 4. The summed E-state index contributed by atoms with van der Waals surface area (Å²) in [5.41, 5.74) is 5.78. The lowest BCUT2D eigenvalue weighted by Crippen LogP contribution is -2.61. The zero-order valence-corrected chi connectivity index (χ0v) is 23.2. The van der Waals surface area contributed by atoms with Gasteiger partial charge in [-0.15, -0.1) is 0 Å². The van der Waals surface area contributed by atoms with E-state index >= 15 is 0 Å². The highest BCUT2D eigenvalue weighted by atomic mass is 16.4. The Morgan fingerprint density at radius 2 is 1.18 bits per heavy atom. The largest absolute Gasteiger partial charge is 0.481 e. The molecule has 6 atom stereocenters. The summed E-state index contributed by atoms with van der Waals surface area (Å²) < 4.78 is 0. The van der Waals surface area contributed by atoms with Gasteiger partial charge in [0.25, 0.3) is 0 Å². The van der Waals surface area contributed by atoms with E-state index in [0.717, 1.165) is 6.92 Å². The van der Waals surface area contributed by atoms with Crippen molar-refractivity contribution >= 4 is 41.5 Å². The monoisotopic (exact) mass is 575 g/mol. The minimum absolute atomic E-state index is 0.0189. The molecule has 0 fully saturated rings. The van der Waals surface area contributed by atoms with E-state index in [1.165, 1.54) is 0 Å². The van der Waals surface area contributed by atoms with E-state index < -0.39 is 90.7 Å². The molecule has 0 spiro atoms. The van der Waals surface area contributed by atoms with Gasteiger partial charge in [-0.05, 0) is 31.6 Å². The summed E-state index contributed by atoms with van der Waals surface area (Å²) in [5, 5.41) is 46.5. The first-order chi connectivity index (χ1) is 18.4. The standard InChI is InChI=1S/C24H41N5O11/c1-10(2)8-15(24(39)40)28-21(36)14(9-17(33)34)27-23(38)19(12(5)30)29-20(35)13(6-7-16(31)32)26-22(37)18(25)11(3)4/h10-15,18-19,30H,6-9,25H2,1-5H3,(H,26,37)(H,27,38)(H,28,36)(H,29,35)(H,31,32)(H,33,34)(H,39,40)/t12-,13+,14+,15+,18+,19+/m1/s1. The Kier molecular flexibility index (Phi) is 15.4. The van der Waals surface area contributed by atoms with E-state index in [1.807, 2.05) is 0 Å². The first kappa shape index (κ1) is 36.2. The fourth-order valence-electron chi connectivity index (χ4n) is 3.38. The van der Waals surface area contributed by atoms with E-state index in [0.29, 0.717) is 0 Å². The van der Waals surface area contributed by atoms with Crippen molar-refractivity contribution in [2.45, 2.75) is 96.6 Å². The molecule has 0 aliphatic carbocycles. The number of hydrogen-bond acceptors (Lipinski definition) is 9. The second kappa shape index (κ2) is 17.0. The van der Waals surface area contributed by atoms with Gasteiger partial charge in [0.2, 0.25) is 23.6 Å². The Hall–Kier alpha value is -3.79. The lowest BCUT2D eigenvalue weighted by atomic mass is 10.0. The number of aliphatic carboxylic acids is 3. The van der Waals surface area contributed by atoms with Crippen molar-refractivity contribution in [3.8, 4) is 0 Å². The maximum Gasteiger partial charge on any atom is 0.326 e. The lowest BCUT2D eigenvalue weighted by Gasteiger charge is -2.27. The summed E-state index contributed by atoms with van der Waals surface area (Å²) in [6.45, 7) is 7.82. The SMILES string of the molecule is CC(C)C[C@H](NC(=O)[C@H](CC(=O)O)NC(=O)[C@@H](NC(=O)[C@H](CCC(=O)O)NC(=O)[C@@H](N)C(C)C)[C@@H](C)O)C(=O)O. The van der Waals surface area contributed by atoms with Crippen molar-refractivity contribution in [2.75, 3.05) is 0 Å². The van der Waals surface area contributed by atoms with Crippen LogP contribution in [0.25, 0.3) is 0 Å². The lowest BCUT2D eigenvalue weighted by molar-refractivity contribution is -0.144. The van der Waals surface area contributed by atoms with Crippen molar-refractivity contribution < 1.29 is 54.0 Å². The van der Waals surface area contributed by atoms with E-state index in [4.69, 9.17) is 10.8 Å². The molecule has 0 aromatic rings. The van der Waals surface area contributed by atoms with Crippen molar-refractivity contribution in [3.05, 3.63) is 0 Å². The van der Waals surface area contributed by atoms with Gasteiger partial charge >= 0.3 is 17.9 Å². The van der Waals surface area contributed by atoms with Crippen LogP contribution in [0.4, 0.5) is 0 Å². The van der Waals surface area contributed by atoms with Crippen LogP contribution < -0.4 is 27.0 Å². The topological polar surface area (TPSA) is 275 Å². The summed E-state index contributed by atoms with van der Waals surface area (Å²) in [5.74, 6) is -8.73. The number of carboxylic acid groups (broad SMARTS) is 3. The molecule has 0 aromatic heterocycles. The number of nitrogens with two attached hydrogens (primary N) is 1. The summed E-state index contributed by atoms with van der Waals surface area (Å²) >= 11 is 0. The van der Waals surface area contributed by atoms with Gasteiger partial charge in [-0.3, -0.25) is 28.8 Å². The van der Waals surface area contributed by atoms with Crippen molar-refractivity contribution in [3.63, 3.8) is 0 Å². The molecule has 0 heterocycles. The molecule has 0 saturated heterocycles. The summed E-state index contributed by atoms with van der Waals surface area (Å²) in [7, 11) is 0. The molecule has 0 aromatic carbocycles. The number of hydrogen-bond donors (Lipinski definition) is 9. The highest BCUT2D eigenvalue weighted by Gasteiger charge is 2.35. The molecule has 0 unspecified atom stereocenters. The van der Waals surface area contributed by atoms with Crippen molar-refractivity contribution in [2.24, 2.45) is 17.6 Å². The summed E-state index contributed by atoms with van der Waals surface area (Å²) in [6.07, 6.45) is -3.45. The van der Waals surface area contributed by atoms with Gasteiger partial charge in [-0.1, -0.05) is 27.7 Å². The average Bonchev–Trinajstić information content (AvgIpc) is 2.81. The van der Waals surface area contributed by atoms with Crippen LogP contribution in [-0.2, 0) is 33.6 Å². The van der Waals surface area contributed by atoms with Crippen LogP contribution in [-0.4, -0.2) is 98.3 Å². The number of rotatable bonds is 18. The number of aliphatic hydroxyl groups is 1. The quantitative estimate of drug-likeness (QED) is 0.0839. The highest BCUT2D eigenvalue weighted by Crippen LogP contribution is 2.08. The van der Waals surface area contributed by atoms with Crippen LogP contribution in [0.5, 0.6) is 0 Å². The molecule has 0 aliphatic rings. The normalized spacial score (nSPS) is 15.6. The maximum atomic E-state index is 12.9. The van der Waals surface area contributed by atoms with Gasteiger partial charge in [-0.2, -0.15) is 0 Å². The number of amides is 4. The minimum Gasteiger partial charge on any atom is -0.481 e. The molecule has 10 N–H and O–H groups in total. The van der Waals surface area contributed by atoms with Crippen LogP contribution in [0.3, 0.4) is 0 Å². The predicted molar refractivity (Wildman–Crippen MR) is 138 cm³/mol. The first-order valence-electron chi connectivity index (χ1n) is 12.7. The molecule has 0 radical (unpaired) electrons. The Morgan fingerprint density at radius 1 is 0.675 bits per heavy atom. The molecule has 0 aliphatic heterocycles. The van der Waals surface area contributed by atoms with Crippen LogP contribution in [0.2, 0.25) is 0 Å². The molecule has 40 heavy (non-hydrogen) atoms. The van der Waals surface area contributed by atoms with Gasteiger partial charge in [0.15, 0.2) is 0 Å². The first-order valence-corrected chi connectivity index (χ1v) is 12.7. The molecule has 4 amide bonds. The third-order valence-electron chi connectivity index (χ3n) is 5.70. The second-order valence-corrected chi connectivity index (χ2v) is 10.2. The van der Waals surface area contributed by atoms with Crippen LogP contribution in [0.15, 0.2) is 0 Å². The van der Waals surface area contributed by atoms with Gasteiger partial charge in [0, 0.05) is 6.42 Å². The predicted octanol–water partition coefficient (Wildman–Crippen LogP) is -2.24. The highest BCUT2D eigenvalue weighted by molar-refractivity contribution is 5.96. The third-order valence-corrected chi connectivity index (χ3v) is 5.70. The van der Waals surface area contributed by atoms with Crippen molar-refractivity contribution in [1.29, 1.82) is 0 Å². The van der Waals surface area contributed by atoms with Gasteiger partial charge in [0.1, 0.15) is 24.2 Å². The second-order valence-electron chi connectivity index (χ2n) is 10.2. The summed E-state index contributed by atoms with van der Waals surface area (Å²) in [4.78, 5) is 84.9. The molecule has 16 nitrogen and oxygen atoms in total. The zero-order valence-electron chi connectivity index (χ0n) is 23.2. The Labute approximate surface area is 231 Å². The minimum atomic E-state index is -1.77. The zero-order chi connectivity index (χ0) is 31.3. The van der Waals surface area contributed by atoms with E-state index in [1.54, 1.807) is 27.7 Å². The van der Waals surface area contributed by atoms with Crippen LogP contribution in [0.1, 0.15) is 60.3 Å². The smallest absolute Gasteiger partial charge is 0.326 e. The molecule has 0 saturated carbocycles. The Bertz CT molecular complexity index is 938. The number of aliphatic hydroxyl groups excluding tert-OH is 1. The summed E-state index contributed by atoms with van der Waals surface area (Å²) in [6, 6.07) is -7.41. The molecule has 228 valence electrons. The van der Waals surface area contributed by atoms with Gasteiger partial charge < -0.3 is 47.4 Å². The fraction of sp³-hybridized carbons (Fsp3) is 0.708. The molecule has 0 bridgehead atoms. The third kappa shape index (κ3) is 13.3. The van der Waals surface area contributed by atoms with Crippen LogP contribution >= 0.6 is 0 Å². The van der Waals surface area contributed by atoms with Gasteiger partial charge in [0.05, 0.1) is 18.6 Å². The average molecular weight is 576 g/mol. The molecular formula is C24H41N5O11. The van der Waals surface area contributed by atoms with Crippen LogP contribution in [0, 0.1) is 11.8 Å². The molecular weight excluding hydrogens is 534 g/mol. The van der Waals surface area contributed by atoms with E-state index in [2.05, 4.69) is 21.3 Å². The maximum absolute atomic E-state index is 12.9. The molecule has 16 heteroatoms.